The fourth-order valence-electron chi connectivity index (χ4n) is 8.96. The van der Waals surface area contributed by atoms with Gasteiger partial charge in [-0.3, -0.25) is 4.79 Å². The molecule has 10 atom stereocenters. The molecule has 202 valence electrons. The van der Waals surface area contributed by atoms with Gasteiger partial charge in [0, 0.05) is 30.1 Å². The van der Waals surface area contributed by atoms with Gasteiger partial charge in [0.1, 0.15) is 6.10 Å². The highest BCUT2D eigenvalue weighted by molar-refractivity contribution is 5.88. The number of carboxylic acids is 1. The number of hydrogen-bond acceptors (Lipinski definition) is 7. The Labute approximate surface area is 214 Å². The number of aliphatic hydroxyl groups is 1. The van der Waals surface area contributed by atoms with Crippen molar-refractivity contribution in [3.63, 3.8) is 0 Å². The van der Waals surface area contributed by atoms with E-state index in [0.717, 1.165) is 18.4 Å². The van der Waals surface area contributed by atoms with Crippen LogP contribution >= 0.6 is 0 Å². The van der Waals surface area contributed by atoms with E-state index in [1.165, 1.54) is 6.92 Å². The van der Waals surface area contributed by atoms with E-state index in [4.69, 9.17) is 21.9 Å². The topological polar surface area (TPSA) is 162 Å². The van der Waals surface area contributed by atoms with Gasteiger partial charge in [-0.1, -0.05) is 25.5 Å². The first-order chi connectivity index (χ1) is 16.7. The van der Waals surface area contributed by atoms with Gasteiger partial charge >= 0.3 is 11.9 Å². The average molecular weight is 504 g/mol. The predicted molar refractivity (Wildman–Crippen MR) is 138 cm³/mol. The molecule has 8 nitrogen and oxygen atoms in total. The van der Waals surface area contributed by atoms with Crippen molar-refractivity contribution in [3.05, 3.63) is 22.8 Å². The second-order valence-electron chi connectivity index (χ2n) is 12.7. The molecule has 0 saturated heterocycles. The van der Waals surface area contributed by atoms with Gasteiger partial charge in [0.05, 0.1) is 6.10 Å². The number of nitrogens with two attached hydrogens (primary N) is 3. The number of aliphatic carboxylic acids is 1. The Bertz CT molecular complexity index is 990. The van der Waals surface area contributed by atoms with Crippen molar-refractivity contribution >= 4 is 11.9 Å². The lowest BCUT2D eigenvalue weighted by Gasteiger charge is -2.68. The summed E-state index contributed by atoms with van der Waals surface area (Å²) < 4.78 is 5.81. The van der Waals surface area contributed by atoms with E-state index in [2.05, 4.69) is 13.8 Å². The number of fused-ring (bicyclic) bond motifs is 5. The minimum atomic E-state index is -0.992. The molecule has 0 aromatic heterocycles. The predicted octanol–water partition coefficient (Wildman–Crippen LogP) is 2.62. The molecule has 8 heteroatoms. The standard InChI is InChI=1S/C28H45N3O5/c1-14(2)6-7-16(25(34)35)22-18-12-19(29)24-26(4)10-9-20(33)23(30)17(26)8-11-28(24,31)27(18,5)13-21(22)36-15(3)32/h6,17-21,23-24,33H,7-13,29-31H2,1-5H3,(H,34,35)/b22-16-/t17-,18-,19+,20+,21-,23-,24-,26-,27-,28+/m0/s1. The molecule has 0 heterocycles. The number of hydrogen-bond donors (Lipinski definition) is 5. The number of aliphatic hydroxyl groups excluding tert-OH is 1. The molecule has 0 spiro atoms. The molecule has 0 aromatic rings. The van der Waals surface area contributed by atoms with E-state index in [9.17, 15) is 19.8 Å². The first-order valence-electron chi connectivity index (χ1n) is 13.4. The smallest absolute Gasteiger partial charge is 0.331 e. The number of carbonyl (C=O) groups excluding carboxylic acids is 1. The van der Waals surface area contributed by atoms with Gasteiger partial charge in [0.25, 0.3) is 0 Å². The van der Waals surface area contributed by atoms with E-state index in [-0.39, 0.29) is 47.2 Å². The highest BCUT2D eigenvalue weighted by Crippen LogP contribution is 2.69. The molecule has 0 bridgehead atoms. The highest BCUT2D eigenvalue weighted by Gasteiger charge is 2.71. The van der Waals surface area contributed by atoms with Crippen LogP contribution in [0, 0.1) is 28.6 Å². The number of ether oxygens (including phenoxy) is 1. The maximum absolute atomic E-state index is 12.5. The second-order valence-corrected chi connectivity index (χ2v) is 12.7. The summed E-state index contributed by atoms with van der Waals surface area (Å²) in [5, 5.41) is 20.8. The lowest BCUT2D eigenvalue weighted by atomic mass is 9.39. The van der Waals surface area contributed by atoms with Crippen LogP contribution in [0.25, 0.3) is 0 Å². The Kier molecular flexibility index (Phi) is 6.99. The van der Waals surface area contributed by atoms with Gasteiger partial charge in [0.15, 0.2) is 0 Å². The number of carboxylic acid groups (broad SMARTS) is 1. The van der Waals surface area contributed by atoms with Crippen molar-refractivity contribution in [2.75, 3.05) is 0 Å². The third-order valence-electron chi connectivity index (χ3n) is 10.6. The highest BCUT2D eigenvalue weighted by atomic mass is 16.5. The lowest BCUT2D eigenvalue weighted by Crippen LogP contribution is -2.76. The molecule has 0 radical (unpaired) electrons. The van der Waals surface area contributed by atoms with Crippen LogP contribution in [0.15, 0.2) is 22.8 Å². The van der Waals surface area contributed by atoms with Crippen LogP contribution in [0.4, 0.5) is 0 Å². The molecule has 0 aromatic carbocycles. The summed E-state index contributed by atoms with van der Waals surface area (Å²) in [6.45, 7) is 9.64. The summed E-state index contributed by atoms with van der Waals surface area (Å²) in [5.41, 5.74) is 21.6. The van der Waals surface area contributed by atoms with E-state index < -0.39 is 35.1 Å². The van der Waals surface area contributed by atoms with Crippen LogP contribution < -0.4 is 17.2 Å². The Morgan fingerprint density at radius 3 is 2.39 bits per heavy atom. The molecule has 8 N–H and O–H groups in total. The normalized spacial score (nSPS) is 47.2. The second kappa shape index (κ2) is 9.22. The molecule has 0 amide bonds. The lowest BCUT2D eigenvalue weighted by molar-refractivity contribution is -0.160. The molecule has 4 saturated carbocycles. The van der Waals surface area contributed by atoms with Crippen LogP contribution in [0.1, 0.15) is 79.6 Å². The first-order valence-corrected chi connectivity index (χ1v) is 13.4. The largest absolute Gasteiger partial charge is 0.478 e. The Hall–Kier alpha value is -1.74. The van der Waals surface area contributed by atoms with E-state index >= 15 is 0 Å². The fraction of sp³-hybridized carbons (Fsp3) is 0.786. The molecular formula is C28H45N3O5. The molecule has 0 aliphatic heterocycles. The maximum atomic E-state index is 12.5. The fourth-order valence-corrected chi connectivity index (χ4v) is 8.96. The zero-order valence-corrected chi connectivity index (χ0v) is 22.4. The number of carbonyl (C=O) groups is 2. The van der Waals surface area contributed by atoms with Crippen LogP contribution in [0.5, 0.6) is 0 Å². The van der Waals surface area contributed by atoms with Gasteiger partial charge in [-0.25, -0.2) is 4.79 Å². The minimum Gasteiger partial charge on any atom is -0.478 e. The van der Waals surface area contributed by atoms with Crippen molar-refractivity contribution in [3.8, 4) is 0 Å². The molecule has 4 aliphatic carbocycles. The van der Waals surface area contributed by atoms with Crippen molar-refractivity contribution in [2.45, 2.75) is 109 Å². The first kappa shape index (κ1) is 27.3. The van der Waals surface area contributed by atoms with Gasteiger partial charge in [-0.15, -0.1) is 0 Å². The summed E-state index contributed by atoms with van der Waals surface area (Å²) in [6, 6.07) is -0.561. The van der Waals surface area contributed by atoms with E-state index in [0.29, 0.717) is 31.3 Å². The third-order valence-corrected chi connectivity index (χ3v) is 10.6. The summed E-state index contributed by atoms with van der Waals surface area (Å²) in [5.74, 6) is -1.53. The summed E-state index contributed by atoms with van der Waals surface area (Å²) in [7, 11) is 0. The van der Waals surface area contributed by atoms with Gasteiger partial charge < -0.3 is 32.2 Å². The van der Waals surface area contributed by atoms with Gasteiger partial charge in [-0.05, 0) is 93.0 Å². The number of rotatable bonds is 4. The molecule has 36 heavy (non-hydrogen) atoms. The molecule has 4 fully saturated rings. The zero-order chi connectivity index (χ0) is 26.8. The SMILES string of the molecule is CC(=O)O[C@H]1C[C@@]2(C)[C@@H](C[C@@H](N)[C@H]3[C@@]4(C)CC[C@@H](O)[C@@H](N)[C@@H]4CC[C@@]32N)/C1=C(\CC=C(C)C)C(=O)O. The van der Waals surface area contributed by atoms with Crippen molar-refractivity contribution < 1.29 is 24.5 Å². The Morgan fingerprint density at radius 1 is 1.14 bits per heavy atom. The summed E-state index contributed by atoms with van der Waals surface area (Å²) in [6.07, 6.45) is 4.99. The quantitative estimate of drug-likeness (QED) is 0.222. The van der Waals surface area contributed by atoms with Gasteiger partial charge in [-0.2, -0.15) is 0 Å². The molecule has 4 aliphatic rings. The van der Waals surface area contributed by atoms with Crippen LogP contribution in [-0.2, 0) is 14.3 Å². The van der Waals surface area contributed by atoms with Gasteiger partial charge in [0.2, 0.25) is 0 Å². The summed E-state index contributed by atoms with van der Waals surface area (Å²) >= 11 is 0. The molecule has 4 rings (SSSR count). The third kappa shape index (κ3) is 3.96. The average Bonchev–Trinajstić information content (AvgIpc) is 3.03. The maximum Gasteiger partial charge on any atom is 0.331 e. The Morgan fingerprint density at radius 2 is 1.81 bits per heavy atom. The van der Waals surface area contributed by atoms with Crippen LogP contribution in [0.3, 0.4) is 0 Å². The number of allylic oxidation sites excluding steroid dienone is 2. The van der Waals surface area contributed by atoms with Crippen molar-refractivity contribution in [1.82, 2.24) is 0 Å². The van der Waals surface area contributed by atoms with Crippen molar-refractivity contribution in [1.29, 1.82) is 0 Å². The Balaban J connectivity index is 1.85. The zero-order valence-electron chi connectivity index (χ0n) is 22.4. The van der Waals surface area contributed by atoms with Crippen molar-refractivity contribution in [2.24, 2.45) is 45.8 Å². The number of esters is 1. The van der Waals surface area contributed by atoms with E-state index in [1.54, 1.807) is 0 Å². The molecular weight excluding hydrogens is 458 g/mol. The van der Waals surface area contributed by atoms with Crippen LogP contribution in [-0.4, -0.2) is 52.0 Å². The van der Waals surface area contributed by atoms with Crippen LogP contribution in [0.2, 0.25) is 0 Å². The monoisotopic (exact) mass is 503 g/mol. The van der Waals surface area contributed by atoms with E-state index in [1.807, 2.05) is 19.9 Å². The molecule has 0 unspecified atom stereocenters. The minimum absolute atomic E-state index is 0.0352. The summed E-state index contributed by atoms with van der Waals surface area (Å²) in [4.78, 5) is 24.7.